The molecule has 3 heteroatoms. The Morgan fingerprint density at radius 2 is 1.81 bits per heavy atom. The minimum absolute atomic E-state index is 0.832. The lowest BCUT2D eigenvalue weighted by Crippen LogP contribution is -2.23. The van der Waals surface area contributed by atoms with E-state index >= 15 is 0 Å². The zero-order chi connectivity index (χ0) is 11.6. The standard InChI is InChI=1S/C13H22N2O/c1-12-4-6-13(7-5-12)15-10-9-14-8-3-11-16-2/h4-7,14-15H,3,8-11H2,1-2H3. The fourth-order valence-corrected chi connectivity index (χ4v) is 1.43. The predicted octanol–water partition coefficient (Wildman–Crippen LogP) is 2.03. The number of rotatable bonds is 8. The molecular weight excluding hydrogens is 200 g/mol. The Bertz CT molecular complexity index is 272. The van der Waals surface area contributed by atoms with E-state index in [1.54, 1.807) is 7.11 Å². The molecule has 0 aliphatic rings. The molecular formula is C13H22N2O. The minimum atomic E-state index is 0.832. The molecule has 0 fully saturated rings. The molecule has 0 unspecified atom stereocenters. The molecule has 2 N–H and O–H groups in total. The molecule has 3 nitrogen and oxygen atoms in total. The maximum Gasteiger partial charge on any atom is 0.0474 e. The normalized spacial score (nSPS) is 10.4. The SMILES string of the molecule is COCCCNCCNc1ccc(C)cc1. The van der Waals surface area contributed by atoms with Crippen LogP contribution in [0.25, 0.3) is 0 Å². The Morgan fingerprint density at radius 1 is 1.06 bits per heavy atom. The average molecular weight is 222 g/mol. The molecule has 0 radical (unpaired) electrons. The second kappa shape index (κ2) is 8.13. The maximum absolute atomic E-state index is 4.97. The van der Waals surface area contributed by atoms with Gasteiger partial charge in [-0.25, -0.2) is 0 Å². The lowest BCUT2D eigenvalue weighted by molar-refractivity contribution is 0.194. The van der Waals surface area contributed by atoms with Gasteiger partial charge in [-0.05, 0) is 32.0 Å². The van der Waals surface area contributed by atoms with Crippen molar-refractivity contribution in [2.24, 2.45) is 0 Å². The summed E-state index contributed by atoms with van der Waals surface area (Å²) in [5.41, 5.74) is 2.48. The quantitative estimate of drug-likeness (QED) is 0.660. The highest BCUT2D eigenvalue weighted by atomic mass is 16.5. The Morgan fingerprint density at radius 3 is 2.50 bits per heavy atom. The largest absolute Gasteiger partial charge is 0.385 e. The Hall–Kier alpha value is -1.06. The lowest BCUT2D eigenvalue weighted by atomic mass is 10.2. The molecule has 0 spiro atoms. The third kappa shape index (κ3) is 5.73. The summed E-state index contributed by atoms with van der Waals surface area (Å²) < 4.78 is 4.97. The molecule has 0 saturated carbocycles. The molecule has 0 atom stereocenters. The molecule has 0 heterocycles. The molecule has 1 aromatic carbocycles. The molecule has 0 amide bonds. The zero-order valence-electron chi connectivity index (χ0n) is 10.3. The van der Waals surface area contributed by atoms with Crippen LogP contribution >= 0.6 is 0 Å². The third-order valence-corrected chi connectivity index (χ3v) is 2.38. The number of hydrogen-bond donors (Lipinski definition) is 2. The molecule has 0 aliphatic heterocycles. The van der Waals surface area contributed by atoms with Crippen LogP contribution in [0.5, 0.6) is 0 Å². The van der Waals surface area contributed by atoms with E-state index in [-0.39, 0.29) is 0 Å². The number of hydrogen-bond acceptors (Lipinski definition) is 3. The van der Waals surface area contributed by atoms with Gasteiger partial charge >= 0.3 is 0 Å². The van der Waals surface area contributed by atoms with Gasteiger partial charge in [0.05, 0.1) is 0 Å². The summed E-state index contributed by atoms with van der Waals surface area (Å²) in [6, 6.07) is 8.46. The summed E-state index contributed by atoms with van der Waals surface area (Å²) >= 11 is 0. The van der Waals surface area contributed by atoms with Crippen molar-refractivity contribution in [2.75, 3.05) is 38.7 Å². The highest BCUT2D eigenvalue weighted by molar-refractivity contribution is 5.44. The number of benzene rings is 1. The van der Waals surface area contributed by atoms with E-state index in [9.17, 15) is 0 Å². The highest BCUT2D eigenvalue weighted by Crippen LogP contribution is 2.07. The van der Waals surface area contributed by atoms with Gasteiger partial charge in [0, 0.05) is 32.5 Å². The van der Waals surface area contributed by atoms with Crippen LogP contribution in [0, 0.1) is 6.92 Å². The van der Waals surface area contributed by atoms with Crippen molar-refractivity contribution in [2.45, 2.75) is 13.3 Å². The average Bonchev–Trinajstić information content (AvgIpc) is 2.30. The van der Waals surface area contributed by atoms with Gasteiger partial charge in [0.2, 0.25) is 0 Å². The van der Waals surface area contributed by atoms with E-state index in [1.165, 1.54) is 11.3 Å². The van der Waals surface area contributed by atoms with Crippen LogP contribution in [0.15, 0.2) is 24.3 Å². The van der Waals surface area contributed by atoms with Gasteiger partial charge in [0.1, 0.15) is 0 Å². The molecule has 0 saturated heterocycles. The van der Waals surface area contributed by atoms with Crippen LogP contribution in [0.3, 0.4) is 0 Å². The molecule has 0 bridgehead atoms. The molecule has 0 aromatic heterocycles. The number of ether oxygens (including phenoxy) is 1. The molecule has 16 heavy (non-hydrogen) atoms. The first-order valence-electron chi connectivity index (χ1n) is 5.83. The molecule has 1 rings (SSSR count). The van der Waals surface area contributed by atoms with Gasteiger partial charge in [-0.15, -0.1) is 0 Å². The summed E-state index contributed by atoms with van der Waals surface area (Å²) in [6.07, 6.45) is 1.07. The van der Waals surface area contributed by atoms with E-state index in [2.05, 4.69) is 41.8 Å². The number of methoxy groups -OCH3 is 1. The van der Waals surface area contributed by atoms with Gasteiger partial charge in [0.15, 0.2) is 0 Å². The van der Waals surface area contributed by atoms with Crippen molar-refractivity contribution in [3.05, 3.63) is 29.8 Å². The first-order chi connectivity index (χ1) is 7.83. The van der Waals surface area contributed by atoms with Gasteiger partial charge in [-0.2, -0.15) is 0 Å². The van der Waals surface area contributed by atoms with Gasteiger partial charge in [0.25, 0.3) is 0 Å². The van der Waals surface area contributed by atoms with E-state index in [0.29, 0.717) is 0 Å². The minimum Gasteiger partial charge on any atom is -0.385 e. The summed E-state index contributed by atoms with van der Waals surface area (Å²) in [6.45, 7) is 5.89. The molecule has 90 valence electrons. The monoisotopic (exact) mass is 222 g/mol. The van der Waals surface area contributed by atoms with Crippen LogP contribution in [-0.4, -0.2) is 33.4 Å². The van der Waals surface area contributed by atoms with Gasteiger partial charge in [-0.3, -0.25) is 0 Å². The third-order valence-electron chi connectivity index (χ3n) is 2.38. The van der Waals surface area contributed by atoms with Crippen LogP contribution in [0.4, 0.5) is 5.69 Å². The van der Waals surface area contributed by atoms with Crippen molar-refractivity contribution in [1.29, 1.82) is 0 Å². The molecule has 0 aliphatic carbocycles. The van der Waals surface area contributed by atoms with Crippen molar-refractivity contribution >= 4 is 5.69 Å². The van der Waals surface area contributed by atoms with E-state index in [0.717, 1.165) is 32.7 Å². The first-order valence-corrected chi connectivity index (χ1v) is 5.83. The van der Waals surface area contributed by atoms with Crippen LogP contribution in [0.1, 0.15) is 12.0 Å². The predicted molar refractivity (Wildman–Crippen MR) is 69.0 cm³/mol. The number of anilines is 1. The zero-order valence-corrected chi connectivity index (χ0v) is 10.3. The Kier molecular flexibility index (Phi) is 6.61. The summed E-state index contributed by atoms with van der Waals surface area (Å²) in [5, 5.41) is 6.73. The second-order valence-corrected chi connectivity index (χ2v) is 3.89. The summed E-state index contributed by atoms with van der Waals surface area (Å²) in [7, 11) is 1.74. The van der Waals surface area contributed by atoms with Crippen molar-refractivity contribution < 1.29 is 4.74 Å². The fraction of sp³-hybridized carbons (Fsp3) is 0.538. The second-order valence-electron chi connectivity index (χ2n) is 3.89. The van der Waals surface area contributed by atoms with Crippen molar-refractivity contribution in [1.82, 2.24) is 5.32 Å². The summed E-state index contributed by atoms with van der Waals surface area (Å²) in [4.78, 5) is 0. The van der Waals surface area contributed by atoms with E-state index in [1.807, 2.05) is 0 Å². The highest BCUT2D eigenvalue weighted by Gasteiger charge is 1.91. The van der Waals surface area contributed by atoms with Crippen LogP contribution in [0.2, 0.25) is 0 Å². The number of nitrogens with one attached hydrogen (secondary N) is 2. The first kappa shape index (κ1) is 13.0. The smallest absolute Gasteiger partial charge is 0.0474 e. The topological polar surface area (TPSA) is 33.3 Å². The Balaban J connectivity index is 2.01. The lowest BCUT2D eigenvalue weighted by Gasteiger charge is -2.07. The van der Waals surface area contributed by atoms with Crippen molar-refractivity contribution in [3.63, 3.8) is 0 Å². The van der Waals surface area contributed by atoms with Gasteiger partial charge < -0.3 is 15.4 Å². The number of aryl methyl sites for hydroxylation is 1. The molecule has 1 aromatic rings. The Labute approximate surface area is 98.2 Å². The van der Waals surface area contributed by atoms with Gasteiger partial charge in [-0.1, -0.05) is 17.7 Å². The fourth-order valence-electron chi connectivity index (χ4n) is 1.43. The summed E-state index contributed by atoms with van der Waals surface area (Å²) in [5.74, 6) is 0. The van der Waals surface area contributed by atoms with E-state index < -0.39 is 0 Å². The van der Waals surface area contributed by atoms with E-state index in [4.69, 9.17) is 4.74 Å². The van der Waals surface area contributed by atoms with Crippen LogP contribution in [-0.2, 0) is 4.74 Å². The maximum atomic E-state index is 4.97. The van der Waals surface area contributed by atoms with Crippen molar-refractivity contribution in [3.8, 4) is 0 Å². The van der Waals surface area contributed by atoms with Crippen LogP contribution < -0.4 is 10.6 Å².